The molecule has 0 aliphatic rings. The number of carbonyl (C=O) groups is 1. The zero-order valence-corrected chi connectivity index (χ0v) is 14.8. The van der Waals surface area contributed by atoms with Crippen molar-refractivity contribution in [1.82, 2.24) is 0 Å². The van der Waals surface area contributed by atoms with Gasteiger partial charge >= 0.3 is 6.09 Å². The highest BCUT2D eigenvalue weighted by atomic mass is 19.1. The molecule has 0 atom stereocenters. The van der Waals surface area contributed by atoms with E-state index in [2.05, 4.69) is 10.6 Å². The van der Waals surface area contributed by atoms with Crippen molar-refractivity contribution in [3.05, 3.63) is 83.7 Å². The van der Waals surface area contributed by atoms with Crippen LogP contribution in [0.15, 0.2) is 66.7 Å². The number of halogens is 1. The lowest BCUT2D eigenvalue weighted by Crippen LogP contribution is -2.17. The molecule has 138 valence electrons. The molecule has 0 heterocycles. The third-order valence-electron chi connectivity index (χ3n) is 3.93. The first-order valence-electron chi connectivity index (χ1n) is 8.43. The Hall–Kier alpha value is -3.54. The first kappa shape index (κ1) is 18.3. The molecule has 1 amide bonds. The number of ether oxygens (including phenoxy) is 1. The van der Waals surface area contributed by atoms with Crippen molar-refractivity contribution < 1.29 is 13.9 Å². The van der Waals surface area contributed by atoms with Gasteiger partial charge < -0.3 is 15.8 Å². The van der Waals surface area contributed by atoms with Crippen molar-refractivity contribution in [2.75, 3.05) is 16.4 Å². The fraction of sp³-hybridized carbons (Fsp3) is 0.0952. The maximum Gasteiger partial charge on any atom is 0.417 e. The normalized spacial score (nSPS) is 10.3. The summed E-state index contributed by atoms with van der Waals surface area (Å²) >= 11 is 0. The van der Waals surface area contributed by atoms with Gasteiger partial charge in [0.15, 0.2) is 0 Å². The van der Waals surface area contributed by atoms with Crippen molar-refractivity contribution >= 4 is 23.2 Å². The summed E-state index contributed by atoms with van der Waals surface area (Å²) in [7, 11) is 0. The lowest BCUT2D eigenvalue weighted by Gasteiger charge is -2.12. The van der Waals surface area contributed by atoms with E-state index in [-0.39, 0.29) is 5.82 Å². The number of hydrogen-bond acceptors (Lipinski definition) is 4. The quantitative estimate of drug-likeness (QED) is 0.560. The molecule has 0 saturated heterocycles. The number of amides is 1. The van der Waals surface area contributed by atoms with Crippen molar-refractivity contribution in [3.63, 3.8) is 0 Å². The molecule has 0 fully saturated rings. The van der Waals surface area contributed by atoms with Gasteiger partial charge in [-0.2, -0.15) is 0 Å². The third kappa shape index (κ3) is 5.22. The highest BCUT2D eigenvalue weighted by molar-refractivity contribution is 5.90. The van der Waals surface area contributed by atoms with E-state index >= 15 is 0 Å². The highest BCUT2D eigenvalue weighted by Gasteiger charge is 2.08. The van der Waals surface area contributed by atoms with Crippen molar-refractivity contribution in [2.24, 2.45) is 0 Å². The summed E-state index contributed by atoms with van der Waals surface area (Å²) in [6.07, 6.45) is -0.613. The largest absolute Gasteiger partial charge is 0.417 e. The van der Waals surface area contributed by atoms with Crippen molar-refractivity contribution in [3.8, 4) is 5.75 Å². The van der Waals surface area contributed by atoms with Crippen LogP contribution in [0.4, 0.5) is 26.2 Å². The molecule has 0 radical (unpaired) electrons. The van der Waals surface area contributed by atoms with Gasteiger partial charge in [-0.05, 0) is 55.0 Å². The third-order valence-corrected chi connectivity index (χ3v) is 3.93. The molecule has 0 aromatic heterocycles. The number of aryl methyl sites for hydroxylation is 1. The second-order valence-electron chi connectivity index (χ2n) is 6.11. The maximum absolute atomic E-state index is 12.9. The Morgan fingerprint density at radius 1 is 1.04 bits per heavy atom. The van der Waals surface area contributed by atoms with Gasteiger partial charge in [-0.25, -0.2) is 9.18 Å². The smallest absolute Gasteiger partial charge is 0.410 e. The molecule has 5 nitrogen and oxygen atoms in total. The topological polar surface area (TPSA) is 76.4 Å². The predicted molar refractivity (Wildman–Crippen MR) is 105 cm³/mol. The van der Waals surface area contributed by atoms with E-state index in [0.29, 0.717) is 23.7 Å². The number of hydrogen-bond donors (Lipinski definition) is 3. The fourth-order valence-corrected chi connectivity index (χ4v) is 2.44. The SMILES string of the molecule is Cc1ccc(OC(=O)Nc2ccc(NCc3ccc(F)cc3)cc2N)cc1. The van der Waals surface area contributed by atoms with Gasteiger partial charge in [-0.1, -0.05) is 29.8 Å². The van der Waals surface area contributed by atoms with E-state index in [1.165, 1.54) is 12.1 Å². The monoisotopic (exact) mass is 365 g/mol. The summed E-state index contributed by atoms with van der Waals surface area (Å²) in [5, 5.41) is 5.83. The van der Waals surface area contributed by atoms with Crippen LogP contribution < -0.4 is 21.1 Å². The Morgan fingerprint density at radius 3 is 2.41 bits per heavy atom. The molecule has 6 heteroatoms. The molecule has 0 aliphatic heterocycles. The van der Waals surface area contributed by atoms with Crippen LogP contribution in [0.5, 0.6) is 5.75 Å². The number of benzene rings is 3. The molecule has 0 unspecified atom stereocenters. The Bertz CT molecular complexity index is 925. The van der Waals surface area contributed by atoms with E-state index in [9.17, 15) is 9.18 Å². The minimum atomic E-state index is -0.613. The predicted octanol–water partition coefficient (Wildman–Crippen LogP) is 4.94. The summed E-state index contributed by atoms with van der Waals surface area (Å²) < 4.78 is 18.1. The highest BCUT2D eigenvalue weighted by Crippen LogP contribution is 2.24. The van der Waals surface area contributed by atoms with Crippen LogP contribution in [0.1, 0.15) is 11.1 Å². The van der Waals surface area contributed by atoms with E-state index in [4.69, 9.17) is 10.5 Å². The first-order valence-corrected chi connectivity index (χ1v) is 8.43. The summed E-state index contributed by atoms with van der Waals surface area (Å²) in [4.78, 5) is 12.0. The lowest BCUT2D eigenvalue weighted by atomic mass is 10.2. The van der Waals surface area contributed by atoms with Crippen LogP contribution in [0.25, 0.3) is 0 Å². The molecule has 0 spiro atoms. The van der Waals surface area contributed by atoms with E-state index in [1.54, 1.807) is 42.5 Å². The van der Waals surface area contributed by atoms with Gasteiger partial charge in [0.1, 0.15) is 11.6 Å². The Labute approximate surface area is 157 Å². The Kier molecular flexibility index (Phi) is 5.56. The number of carbonyl (C=O) groups excluding carboxylic acids is 1. The zero-order valence-electron chi connectivity index (χ0n) is 14.8. The van der Waals surface area contributed by atoms with Crippen LogP contribution in [-0.4, -0.2) is 6.09 Å². The summed E-state index contributed by atoms with van der Waals surface area (Å²) in [5.74, 6) is 0.185. The molecule has 3 rings (SSSR count). The number of nitrogen functional groups attached to an aromatic ring is 1. The standard InChI is InChI=1S/C21H20FN3O2/c1-14-2-9-18(10-3-14)27-21(26)25-20-11-8-17(12-19(20)23)24-13-15-4-6-16(22)7-5-15/h2-12,24H,13,23H2,1H3,(H,25,26). The lowest BCUT2D eigenvalue weighted by molar-refractivity contribution is 0.215. The molecule has 4 N–H and O–H groups in total. The summed E-state index contributed by atoms with van der Waals surface area (Å²) in [6.45, 7) is 2.48. The van der Waals surface area contributed by atoms with E-state index in [0.717, 1.165) is 16.8 Å². The molecule has 0 saturated carbocycles. The molecular formula is C21H20FN3O2. The average Bonchev–Trinajstić information content (AvgIpc) is 2.65. The van der Waals surface area contributed by atoms with Gasteiger partial charge in [0, 0.05) is 12.2 Å². The van der Waals surface area contributed by atoms with Crippen molar-refractivity contribution in [2.45, 2.75) is 13.5 Å². The van der Waals surface area contributed by atoms with E-state index < -0.39 is 6.09 Å². The fourth-order valence-electron chi connectivity index (χ4n) is 2.44. The molecular weight excluding hydrogens is 345 g/mol. The second kappa shape index (κ2) is 8.23. The molecule has 3 aromatic carbocycles. The molecule has 27 heavy (non-hydrogen) atoms. The summed E-state index contributed by atoms with van der Waals surface area (Å²) in [5.41, 5.74) is 9.68. The van der Waals surface area contributed by atoms with Crippen LogP contribution in [0, 0.1) is 12.7 Å². The maximum atomic E-state index is 12.9. The van der Waals surface area contributed by atoms with Crippen LogP contribution in [-0.2, 0) is 6.54 Å². The van der Waals surface area contributed by atoms with E-state index in [1.807, 2.05) is 19.1 Å². The van der Waals surface area contributed by atoms with Gasteiger partial charge in [-0.15, -0.1) is 0 Å². The number of rotatable bonds is 5. The van der Waals surface area contributed by atoms with Crippen LogP contribution in [0.2, 0.25) is 0 Å². The minimum Gasteiger partial charge on any atom is -0.410 e. The first-order chi connectivity index (χ1) is 13.0. The Balaban J connectivity index is 1.58. The second-order valence-corrected chi connectivity index (χ2v) is 6.11. The molecule has 0 aliphatic carbocycles. The van der Waals surface area contributed by atoms with Gasteiger partial charge in [0.25, 0.3) is 0 Å². The zero-order chi connectivity index (χ0) is 19.2. The number of nitrogens with one attached hydrogen (secondary N) is 2. The minimum absolute atomic E-state index is 0.268. The number of anilines is 3. The van der Waals surface area contributed by atoms with Gasteiger partial charge in [0.2, 0.25) is 0 Å². The molecule has 0 bridgehead atoms. The van der Waals surface area contributed by atoms with Gasteiger partial charge in [-0.3, -0.25) is 5.32 Å². The van der Waals surface area contributed by atoms with Gasteiger partial charge in [0.05, 0.1) is 11.4 Å². The summed E-state index contributed by atoms with van der Waals surface area (Å²) in [6, 6.07) is 18.6. The molecule has 3 aromatic rings. The van der Waals surface area contributed by atoms with Crippen LogP contribution in [0.3, 0.4) is 0 Å². The van der Waals surface area contributed by atoms with Crippen molar-refractivity contribution in [1.29, 1.82) is 0 Å². The average molecular weight is 365 g/mol. The Morgan fingerprint density at radius 2 is 1.74 bits per heavy atom. The van der Waals surface area contributed by atoms with Crippen LogP contribution >= 0.6 is 0 Å². The number of nitrogens with two attached hydrogens (primary N) is 1.